The monoisotopic (exact) mass is 378 g/mol. The maximum Gasteiger partial charge on any atom is 0.187 e. The molecule has 1 aromatic carbocycles. The molecule has 1 aromatic heterocycles. The van der Waals surface area contributed by atoms with E-state index in [4.69, 9.17) is 14.3 Å². The van der Waals surface area contributed by atoms with E-state index in [0.717, 1.165) is 49.1 Å². The van der Waals surface area contributed by atoms with Gasteiger partial charge in [0.05, 0.1) is 14.2 Å². The van der Waals surface area contributed by atoms with Crippen LogP contribution in [0.25, 0.3) is 10.9 Å². The van der Waals surface area contributed by atoms with Gasteiger partial charge in [-0.2, -0.15) is 0 Å². The molecule has 7 nitrogen and oxygen atoms in total. The summed E-state index contributed by atoms with van der Waals surface area (Å²) in [6.07, 6.45) is 6.00. The van der Waals surface area contributed by atoms with Crippen molar-refractivity contribution in [1.29, 1.82) is 4.78 Å². The molecule has 8 heteroatoms. The van der Waals surface area contributed by atoms with Crippen LogP contribution in [0.15, 0.2) is 18.5 Å². The van der Waals surface area contributed by atoms with E-state index in [0.29, 0.717) is 23.2 Å². The SMILES string of the molecule is COc1ccc2c(N3CCC(CCS(C)(=N)=O)CC3)ncnc2c1OC. The first-order valence-electron chi connectivity index (χ1n) is 8.75. The number of aromatic nitrogens is 2. The lowest BCUT2D eigenvalue weighted by atomic mass is 9.94. The van der Waals surface area contributed by atoms with Crippen LogP contribution in [0.5, 0.6) is 11.5 Å². The average Bonchev–Trinajstić information content (AvgIpc) is 2.64. The van der Waals surface area contributed by atoms with Crippen LogP contribution >= 0.6 is 0 Å². The summed E-state index contributed by atoms with van der Waals surface area (Å²) in [6, 6.07) is 3.86. The molecular formula is C18H26N4O3S. The Morgan fingerprint density at radius 3 is 2.58 bits per heavy atom. The van der Waals surface area contributed by atoms with Crippen molar-refractivity contribution in [1.82, 2.24) is 9.97 Å². The summed E-state index contributed by atoms with van der Waals surface area (Å²) in [7, 11) is 0.835. The number of nitrogens with one attached hydrogen (secondary N) is 1. The van der Waals surface area contributed by atoms with Crippen LogP contribution in [-0.2, 0) is 9.73 Å². The number of benzene rings is 1. The third-order valence-electron chi connectivity index (χ3n) is 4.96. The third kappa shape index (κ3) is 4.00. The predicted octanol–water partition coefficient (Wildman–Crippen LogP) is 2.93. The molecule has 2 heterocycles. The van der Waals surface area contributed by atoms with Crippen molar-refractivity contribution in [3.63, 3.8) is 0 Å². The molecule has 1 saturated heterocycles. The molecule has 1 fully saturated rings. The summed E-state index contributed by atoms with van der Waals surface area (Å²) in [5, 5.41) is 0.950. The maximum atomic E-state index is 11.6. The summed E-state index contributed by atoms with van der Waals surface area (Å²) in [4.78, 5) is 11.2. The molecule has 2 aromatic rings. The second kappa shape index (κ2) is 7.65. The van der Waals surface area contributed by atoms with Gasteiger partial charge in [0, 0.05) is 40.2 Å². The van der Waals surface area contributed by atoms with Crippen molar-refractivity contribution in [2.24, 2.45) is 5.92 Å². The minimum absolute atomic E-state index is 0.491. The molecule has 0 spiro atoms. The first-order chi connectivity index (χ1) is 12.4. The molecular weight excluding hydrogens is 352 g/mol. The van der Waals surface area contributed by atoms with Gasteiger partial charge in [-0.15, -0.1) is 0 Å². The fourth-order valence-corrected chi connectivity index (χ4v) is 4.29. The summed E-state index contributed by atoms with van der Waals surface area (Å²) in [6.45, 7) is 1.79. The minimum atomic E-state index is -2.39. The molecule has 1 N–H and O–H groups in total. The third-order valence-corrected chi connectivity index (χ3v) is 5.97. The van der Waals surface area contributed by atoms with Gasteiger partial charge in [-0.1, -0.05) is 0 Å². The molecule has 1 atom stereocenters. The highest BCUT2D eigenvalue weighted by Crippen LogP contribution is 2.37. The first kappa shape index (κ1) is 18.7. The highest BCUT2D eigenvalue weighted by atomic mass is 32.2. The van der Waals surface area contributed by atoms with Crippen molar-refractivity contribution in [3.05, 3.63) is 18.5 Å². The van der Waals surface area contributed by atoms with Gasteiger partial charge >= 0.3 is 0 Å². The molecule has 0 amide bonds. The quantitative estimate of drug-likeness (QED) is 0.831. The zero-order chi connectivity index (χ0) is 18.7. The fourth-order valence-electron chi connectivity index (χ4n) is 3.51. The van der Waals surface area contributed by atoms with Crippen LogP contribution in [0.1, 0.15) is 19.3 Å². The summed E-state index contributed by atoms with van der Waals surface area (Å²) >= 11 is 0. The van der Waals surface area contributed by atoms with E-state index in [1.165, 1.54) is 6.26 Å². The van der Waals surface area contributed by atoms with Crippen molar-refractivity contribution in [2.75, 3.05) is 44.2 Å². The van der Waals surface area contributed by atoms with E-state index >= 15 is 0 Å². The number of ether oxygens (including phenoxy) is 2. The van der Waals surface area contributed by atoms with Gasteiger partial charge < -0.3 is 14.4 Å². The van der Waals surface area contributed by atoms with E-state index in [2.05, 4.69) is 14.9 Å². The minimum Gasteiger partial charge on any atom is -0.493 e. The highest BCUT2D eigenvalue weighted by molar-refractivity contribution is 7.91. The van der Waals surface area contributed by atoms with Crippen LogP contribution < -0.4 is 14.4 Å². The Kier molecular flexibility index (Phi) is 5.50. The number of anilines is 1. The number of methoxy groups -OCH3 is 2. The Bertz CT molecular complexity index is 877. The Labute approximate surface area is 154 Å². The van der Waals surface area contributed by atoms with Crippen LogP contribution in [0.3, 0.4) is 0 Å². The first-order valence-corrected chi connectivity index (χ1v) is 10.9. The second-order valence-electron chi connectivity index (χ2n) is 6.82. The molecule has 0 radical (unpaired) electrons. The molecule has 0 aliphatic carbocycles. The molecule has 3 rings (SSSR count). The molecule has 1 aliphatic heterocycles. The van der Waals surface area contributed by atoms with E-state index in [1.54, 1.807) is 20.5 Å². The van der Waals surface area contributed by atoms with Crippen molar-refractivity contribution in [2.45, 2.75) is 19.3 Å². The van der Waals surface area contributed by atoms with Gasteiger partial charge in [-0.25, -0.2) is 9.97 Å². The Morgan fingerprint density at radius 1 is 1.23 bits per heavy atom. The standard InChI is InChI=1S/C18H26N4O3S/c1-24-15-5-4-14-16(17(15)25-2)20-12-21-18(14)22-9-6-13(7-10-22)8-11-26(3,19)23/h4-5,12-13,19H,6-11H2,1-3H3. The van der Waals surface area contributed by atoms with Crippen LogP contribution in [0.2, 0.25) is 0 Å². The van der Waals surface area contributed by atoms with Gasteiger partial charge in [0.2, 0.25) is 0 Å². The molecule has 26 heavy (non-hydrogen) atoms. The van der Waals surface area contributed by atoms with Gasteiger partial charge in [0.15, 0.2) is 11.5 Å². The highest BCUT2D eigenvalue weighted by Gasteiger charge is 2.23. The fraction of sp³-hybridized carbons (Fsp3) is 0.556. The topological polar surface area (TPSA) is 88.4 Å². The number of rotatable bonds is 6. The van der Waals surface area contributed by atoms with Crippen molar-refractivity contribution >= 4 is 26.4 Å². The number of hydrogen-bond donors (Lipinski definition) is 1. The van der Waals surface area contributed by atoms with Crippen LogP contribution in [-0.4, -0.2) is 53.5 Å². The van der Waals surface area contributed by atoms with E-state index in [1.807, 2.05) is 12.1 Å². The summed E-state index contributed by atoms with van der Waals surface area (Å²) < 4.78 is 30.0. The van der Waals surface area contributed by atoms with Gasteiger partial charge in [-0.05, 0) is 37.3 Å². The summed E-state index contributed by atoms with van der Waals surface area (Å²) in [5.41, 5.74) is 0.749. The average molecular weight is 378 g/mol. The maximum absolute atomic E-state index is 11.6. The largest absolute Gasteiger partial charge is 0.493 e. The Hall–Kier alpha value is -2.09. The lowest BCUT2D eigenvalue weighted by Crippen LogP contribution is -2.34. The molecule has 0 bridgehead atoms. The number of piperidine rings is 1. The van der Waals surface area contributed by atoms with Crippen LogP contribution in [0.4, 0.5) is 5.82 Å². The zero-order valence-corrected chi connectivity index (χ0v) is 16.3. The zero-order valence-electron chi connectivity index (χ0n) is 15.5. The van der Waals surface area contributed by atoms with Crippen LogP contribution in [0, 0.1) is 10.7 Å². The summed E-state index contributed by atoms with van der Waals surface area (Å²) in [5.74, 6) is 3.21. The smallest absolute Gasteiger partial charge is 0.187 e. The van der Waals surface area contributed by atoms with E-state index in [9.17, 15) is 4.21 Å². The number of nitrogens with zero attached hydrogens (tertiary/aromatic N) is 3. The van der Waals surface area contributed by atoms with E-state index < -0.39 is 9.73 Å². The lowest BCUT2D eigenvalue weighted by molar-refractivity contribution is 0.358. The Balaban J connectivity index is 1.80. The predicted molar refractivity (Wildman–Crippen MR) is 104 cm³/mol. The second-order valence-corrected chi connectivity index (χ2v) is 9.24. The van der Waals surface area contributed by atoms with Gasteiger partial charge in [-0.3, -0.25) is 8.99 Å². The molecule has 1 aliphatic rings. The molecule has 0 saturated carbocycles. The number of hydrogen-bond acceptors (Lipinski definition) is 7. The van der Waals surface area contributed by atoms with Gasteiger partial charge in [0.1, 0.15) is 17.7 Å². The molecule has 142 valence electrons. The number of fused-ring (bicyclic) bond motifs is 1. The Morgan fingerprint density at radius 2 is 1.96 bits per heavy atom. The molecule has 1 unspecified atom stereocenters. The van der Waals surface area contributed by atoms with E-state index in [-0.39, 0.29) is 0 Å². The van der Waals surface area contributed by atoms with Gasteiger partial charge in [0.25, 0.3) is 0 Å². The van der Waals surface area contributed by atoms with Crippen molar-refractivity contribution in [3.8, 4) is 11.5 Å². The van der Waals surface area contributed by atoms with Crippen molar-refractivity contribution < 1.29 is 13.7 Å². The lowest BCUT2D eigenvalue weighted by Gasteiger charge is -2.33. The normalized spacial score (nSPS) is 17.9.